The van der Waals surface area contributed by atoms with Crippen LogP contribution in [-0.2, 0) is 16.4 Å². The van der Waals surface area contributed by atoms with Gasteiger partial charge in [-0.05, 0) is 42.9 Å². The summed E-state index contributed by atoms with van der Waals surface area (Å²) in [5, 5.41) is 0.456. The van der Waals surface area contributed by atoms with Crippen LogP contribution in [0.1, 0.15) is 18.4 Å². The summed E-state index contributed by atoms with van der Waals surface area (Å²) in [6.07, 6.45) is 2.73. The van der Waals surface area contributed by atoms with Gasteiger partial charge in [0.05, 0.1) is 7.11 Å². The van der Waals surface area contributed by atoms with Crippen molar-refractivity contribution in [3.8, 4) is 5.75 Å². The lowest BCUT2D eigenvalue weighted by atomic mass is 9.91. The second-order valence-corrected chi connectivity index (χ2v) is 8.68. The van der Waals surface area contributed by atoms with Gasteiger partial charge < -0.3 is 4.74 Å². The highest BCUT2D eigenvalue weighted by Crippen LogP contribution is 2.32. The molecule has 1 aliphatic heterocycles. The van der Waals surface area contributed by atoms with Gasteiger partial charge in [-0.25, -0.2) is 8.42 Å². The van der Waals surface area contributed by atoms with Crippen molar-refractivity contribution >= 4 is 21.6 Å². The lowest BCUT2D eigenvalue weighted by Gasteiger charge is -2.31. The van der Waals surface area contributed by atoms with E-state index in [2.05, 4.69) is 12.1 Å². The van der Waals surface area contributed by atoms with Gasteiger partial charge in [0, 0.05) is 24.2 Å². The van der Waals surface area contributed by atoms with Crippen LogP contribution in [0, 0.1) is 5.92 Å². The molecule has 0 bridgehead atoms. The Kier molecular flexibility index (Phi) is 5.67. The number of sulfonamides is 1. The van der Waals surface area contributed by atoms with Crippen LogP contribution in [0.25, 0.3) is 0 Å². The molecule has 134 valence electrons. The van der Waals surface area contributed by atoms with Crippen LogP contribution in [0.4, 0.5) is 0 Å². The smallest absolute Gasteiger partial charge is 0.246 e. The molecule has 0 spiro atoms. The first kappa shape index (κ1) is 18.2. The Morgan fingerprint density at radius 3 is 2.44 bits per heavy atom. The number of methoxy groups -OCH3 is 1. The van der Waals surface area contributed by atoms with Gasteiger partial charge in [0.25, 0.3) is 0 Å². The molecule has 6 heteroatoms. The Bertz CT molecular complexity index is 816. The van der Waals surface area contributed by atoms with Crippen LogP contribution in [0.3, 0.4) is 0 Å². The van der Waals surface area contributed by atoms with Crippen molar-refractivity contribution in [3.63, 3.8) is 0 Å². The summed E-state index contributed by atoms with van der Waals surface area (Å²) in [6.45, 7) is 1.07. The maximum atomic E-state index is 12.9. The molecule has 0 aromatic heterocycles. The van der Waals surface area contributed by atoms with E-state index in [4.69, 9.17) is 16.3 Å². The third kappa shape index (κ3) is 4.17. The molecule has 0 amide bonds. The van der Waals surface area contributed by atoms with Gasteiger partial charge in [-0.15, -0.1) is 0 Å². The highest BCUT2D eigenvalue weighted by atomic mass is 35.5. The summed E-state index contributed by atoms with van der Waals surface area (Å²) in [5.41, 5.74) is 1.31. The molecule has 1 aliphatic rings. The normalized spacial score (nSPS) is 16.7. The molecular weight excluding hydrogens is 358 g/mol. The maximum absolute atomic E-state index is 12.9. The van der Waals surface area contributed by atoms with Gasteiger partial charge >= 0.3 is 0 Å². The van der Waals surface area contributed by atoms with Crippen molar-refractivity contribution in [2.24, 2.45) is 5.92 Å². The van der Waals surface area contributed by atoms with E-state index in [1.807, 2.05) is 18.2 Å². The quantitative estimate of drug-likeness (QED) is 0.789. The molecule has 0 saturated carbocycles. The molecule has 4 nitrogen and oxygen atoms in total. The van der Waals surface area contributed by atoms with Crippen molar-refractivity contribution in [2.45, 2.75) is 24.2 Å². The number of halogens is 1. The van der Waals surface area contributed by atoms with Crippen molar-refractivity contribution in [1.82, 2.24) is 4.31 Å². The van der Waals surface area contributed by atoms with Gasteiger partial charge in [0.1, 0.15) is 10.6 Å². The van der Waals surface area contributed by atoms with Crippen molar-refractivity contribution in [1.29, 1.82) is 0 Å². The zero-order chi connectivity index (χ0) is 17.9. The predicted molar refractivity (Wildman–Crippen MR) is 99.6 cm³/mol. The van der Waals surface area contributed by atoms with Crippen LogP contribution in [0.5, 0.6) is 5.75 Å². The Hall–Kier alpha value is -1.56. The zero-order valence-corrected chi connectivity index (χ0v) is 15.8. The molecule has 0 unspecified atom stereocenters. The van der Waals surface area contributed by atoms with Gasteiger partial charge in [-0.2, -0.15) is 4.31 Å². The topological polar surface area (TPSA) is 46.6 Å². The SMILES string of the molecule is COc1cc(Cl)ccc1S(=O)(=O)N1CCC(Cc2ccccc2)CC1. The van der Waals surface area contributed by atoms with Crippen LogP contribution in [0.15, 0.2) is 53.4 Å². The molecule has 1 heterocycles. The molecule has 2 aromatic carbocycles. The van der Waals surface area contributed by atoms with Crippen LogP contribution in [0.2, 0.25) is 5.02 Å². The Morgan fingerprint density at radius 2 is 1.80 bits per heavy atom. The summed E-state index contributed by atoms with van der Waals surface area (Å²) in [4.78, 5) is 0.181. The van der Waals surface area contributed by atoms with E-state index in [1.165, 1.54) is 24.8 Å². The van der Waals surface area contributed by atoms with Crippen LogP contribution in [-0.4, -0.2) is 32.9 Å². The van der Waals surface area contributed by atoms with E-state index in [9.17, 15) is 8.42 Å². The number of benzene rings is 2. The summed E-state index contributed by atoms with van der Waals surface area (Å²) < 4.78 is 32.7. The number of nitrogens with zero attached hydrogens (tertiary/aromatic N) is 1. The molecular formula is C19H22ClNO3S. The van der Waals surface area contributed by atoms with Gasteiger partial charge in [-0.1, -0.05) is 41.9 Å². The van der Waals surface area contributed by atoms with Crippen molar-refractivity contribution < 1.29 is 13.2 Å². The van der Waals surface area contributed by atoms with E-state index < -0.39 is 10.0 Å². The number of hydrogen-bond donors (Lipinski definition) is 0. The highest BCUT2D eigenvalue weighted by molar-refractivity contribution is 7.89. The monoisotopic (exact) mass is 379 g/mol. The minimum atomic E-state index is -3.57. The molecule has 25 heavy (non-hydrogen) atoms. The zero-order valence-electron chi connectivity index (χ0n) is 14.2. The number of rotatable bonds is 5. The molecule has 0 aliphatic carbocycles. The summed E-state index contributed by atoms with van der Waals surface area (Å²) >= 11 is 5.94. The third-order valence-corrected chi connectivity index (χ3v) is 6.86. The van der Waals surface area contributed by atoms with Gasteiger partial charge in [0.2, 0.25) is 10.0 Å². The largest absolute Gasteiger partial charge is 0.495 e. The van der Waals surface area contributed by atoms with Gasteiger partial charge in [0.15, 0.2) is 0 Å². The first-order chi connectivity index (χ1) is 12.0. The lowest BCUT2D eigenvalue weighted by Crippen LogP contribution is -2.39. The van der Waals surface area contributed by atoms with E-state index in [0.717, 1.165) is 19.3 Å². The van der Waals surface area contributed by atoms with Crippen molar-refractivity contribution in [3.05, 3.63) is 59.1 Å². The number of piperidine rings is 1. The van der Waals surface area contributed by atoms with E-state index in [-0.39, 0.29) is 4.90 Å². The standard InChI is InChI=1S/C19H22ClNO3S/c1-24-18-14-17(20)7-8-19(18)25(22,23)21-11-9-16(10-12-21)13-15-5-3-2-4-6-15/h2-8,14,16H,9-13H2,1H3. The fraction of sp³-hybridized carbons (Fsp3) is 0.368. The fourth-order valence-electron chi connectivity index (χ4n) is 3.29. The maximum Gasteiger partial charge on any atom is 0.246 e. The second-order valence-electron chi connectivity index (χ2n) is 6.33. The molecule has 3 rings (SSSR count). The summed E-state index contributed by atoms with van der Waals surface area (Å²) in [7, 11) is -2.11. The summed E-state index contributed by atoms with van der Waals surface area (Å²) in [5.74, 6) is 0.805. The predicted octanol–water partition coefficient (Wildman–Crippen LogP) is 3.99. The minimum Gasteiger partial charge on any atom is -0.495 e. The number of hydrogen-bond acceptors (Lipinski definition) is 3. The van der Waals surface area contributed by atoms with E-state index >= 15 is 0 Å². The van der Waals surface area contributed by atoms with E-state index in [0.29, 0.717) is 29.8 Å². The molecule has 1 fully saturated rings. The first-order valence-corrected chi connectivity index (χ1v) is 10.2. The number of ether oxygens (including phenoxy) is 1. The minimum absolute atomic E-state index is 0.181. The van der Waals surface area contributed by atoms with Crippen LogP contribution >= 0.6 is 11.6 Å². The van der Waals surface area contributed by atoms with E-state index in [1.54, 1.807) is 10.4 Å². The Balaban J connectivity index is 1.69. The molecule has 2 aromatic rings. The average Bonchev–Trinajstić information content (AvgIpc) is 2.62. The second kappa shape index (κ2) is 7.77. The summed E-state index contributed by atoms with van der Waals surface area (Å²) in [6, 6.07) is 15.0. The average molecular weight is 380 g/mol. The first-order valence-electron chi connectivity index (χ1n) is 8.38. The third-order valence-electron chi connectivity index (χ3n) is 4.68. The Labute approximate surface area is 154 Å². The Morgan fingerprint density at radius 1 is 1.12 bits per heavy atom. The molecule has 0 N–H and O–H groups in total. The lowest BCUT2D eigenvalue weighted by molar-refractivity contribution is 0.272. The van der Waals surface area contributed by atoms with Gasteiger partial charge in [-0.3, -0.25) is 0 Å². The highest BCUT2D eigenvalue weighted by Gasteiger charge is 2.31. The fourth-order valence-corrected chi connectivity index (χ4v) is 5.06. The molecule has 0 radical (unpaired) electrons. The molecule has 1 saturated heterocycles. The van der Waals surface area contributed by atoms with Crippen molar-refractivity contribution in [2.75, 3.05) is 20.2 Å². The van der Waals surface area contributed by atoms with Crippen LogP contribution < -0.4 is 4.74 Å². The molecule has 0 atom stereocenters.